The van der Waals surface area contributed by atoms with Crippen LogP contribution < -0.4 is 10.6 Å². The molecule has 0 aliphatic heterocycles. The Balaban J connectivity index is 1.91. The molecule has 1 saturated carbocycles. The average Bonchev–Trinajstić information content (AvgIpc) is 2.27. The SMILES string of the molecule is CCNc1ccc(C(=O)NC(C)C2CCC2)cn1. The zero-order valence-corrected chi connectivity index (χ0v) is 11.1. The van der Waals surface area contributed by atoms with E-state index >= 15 is 0 Å². The third kappa shape index (κ3) is 3.00. The summed E-state index contributed by atoms with van der Waals surface area (Å²) < 4.78 is 0. The number of carbonyl (C=O) groups excluding carboxylic acids is 1. The Morgan fingerprint density at radius 2 is 2.28 bits per heavy atom. The van der Waals surface area contributed by atoms with Crippen LogP contribution in [0.15, 0.2) is 18.3 Å². The van der Waals surface area contributed by atoms with E-state index in [1.807, 2.05) is 19.1 Å². The molecule has 98 valence electrons. The van der Waals surface area contributed by atoms with Crippen LogP contribution in [0.1, 0.15) is 43.5 Å². The molecular weight excluding hydrogens is 226 g/mol. The molecule has 0 aromatic carbocycles. The number of rotatable bonds is 5. The Kier molecular flexibility index (Phi) is 4.18. The van der Waals surface area contributed by atoms with E-state index in [4.69, 9.17) is 0 Å². The van der Waals surface area contributed by atoms with E-state index in [1.165, 1.54) is 19.3 Å². The highest BCUT2D eigenvalue weighted by atomic mass is 16.1. The number of pyridine rings is 1. The van der Waals surface area contributed by atoms with E-state index in [-0.39, 0.29) is 11.9 Å². The minimum Gasteiger partial charge on any atom is -0.370 e. The molecule has 18 heavy (non-hydrogen) atoms. The molecule has 4 nitrogen and oxygen atoms in total. The first-order valence-corrected chi connectivity index (χ1v) is 6.71. The van der Waals surface area contributed by atoms with Crippen molar-refractivity contribution in [2.75, 3.05) is 11.9 Å². The van der Waals surface area contributed by atoms with Crippen LogP contribution in [-0.2, 0) is 0 Å². The molecule has 0 spiro atoms. The second-order valence-corrected chi connectivity index (χ2v) is 4.92. The molecule has 0 radical (unpaired) electrons. The van der Waals surface area contributed by atoms with Crippen molar-refractivity contribution >= 4 is 11.7 Å². The summed E-state index contributed by atoms with van der Waals surface area (Å²) in [6.45, 7) is 4.93. The predicted octanol–water partition coefficient (Wildman–Crippen LogP) is 2.43. The minimum atomic E-state index is -0.0232. The van der Waals surface area contributed by atoms with E-state index in [1.54, 1.807) is 6.20 Å². The maximum Gasteiger partial charge on any atom is 0.253 e. The fourth-order valence-corrected chi connectivity index (χ4v) is 2.16. The summed E-state index contributed by atoms with van der Waals surface area (Å²) in [5.74, 6) is 1.44. The molecule has 1 heterocycles. The van der Waals surface area contributed by atoms with Crippen LogP contribution in [-0.4, -0.2) is 23.5 Å². The van der Waals surface area contributed by atoms with Crippen molar-refractivity contribution in [3.63, 3.8) is 0 Å². The molecule has 1 aliphatic rings. The Labute approximate surface area is 108 Å². The molecule has 0 bridgehead atoms. The molecule has 2 rings (SSSR count). The van der Waals surface area contributed by atoms with Gasteiger partial charge in [-0.1, -0.05) is 6.42 Å². The van der Waals surface area contributed by atoms with Crippen LogP contribution in [0.25, 0.3) is 0 Å². The summed E-state index contributed by atoms with van der Waals surface area (Å²) >= 11 is 0. The molecule has 1 atom stereocenters. The van der Waals surface area contributed by atoms with E-state index in [0.717, 1.165) is 12.4 Å². The fourth-order valence-electron chi connectivity index (χ4n) is 2.16. The number of hydrogen-bond acceptors (Lipinski definition) is 3. The van der Waals surface area contributed by atoms with Gasteiger partial charge >= 0.3 is 0 Å². The van der Waals surface area contributed by atoms with Crippen molar-refractivity contribution in [2.45, 2.75) is 39.2 Å². The van der Waals surface area contributed by atoms with E-state index < -0.39 is 0 Å². The van der Waals surface area contributed by atoms with Gasteiger partial charge in [0.1, 0.15) is 5.82 Å². The summed E-state index contributed by atoms with van der Waals surface area (Å²) in [6.07, 6.45) is 5.39. The zero-order chi connectivity index (χ0) is 13.0. The highest BCUT2D eigenvalue weighted by Gasteiger charge is 2.25. The van der Waals surface area contributed by atoms with Crippen molar-refractivity contribution in [2.24, 2.45) is 5.92 Å². The highest BCUT2D eigenvalue weighted by Crippen LogP contribution is 2.29. The third-order valence-corrected chi connectivity index (χ3v) is 3.60. The maximum atomic E-state index is 12.0. The average molecular weight is 247 g/mol. The first-order chi connectivity index (χ1) is 8.70. The van der Waals surface area contributed by atoms with Gasteiger partial charge in [0.2, 0.25) is 0 Å². The predicted molar refractivity (Wildman–Crippen MR) is 72.7 cm³/mol. The van der Waals surface area contributed by atoms with Gasteiger partial charge < -0.3 is 10.6 Å². The lowest BCUT2D eigenvalue weighted by molar-refractivity contribution is 0.0909. The Morgan fingerprint density at radius 3 is 2.78 bits per heavy atom. The van der Waals surface area contributed by atoms with Gasteiger partial charge in [-0.3, -0.25) is 4.79 Å². The van der Waals surface area contributed by atoms with Crippen molar-refractivity contribution in [3.05, 3.63) is 23.9 Å². The van der Waals surface area contributed by atoms with E-state index in [9.17, 15) is 4.79 Å². The number of aromatic nitrogens is 1. The second kappa shape index (κ2) is 5.85. The number of amides is 1. The van der Waals surface area contributed by atoms with Crippen molar-refractivity contribution in [1.82, 2.24) is 10.3 Å². The Morgan fingerprint density at radius 1 is 1.50 bits per heavy atom. The van der Waals surface area contributed by atoms with Crippen LogP contribution in [0, 0.1) is 5.92 Å². The summed E-state index contributed by atoms with van der Waals surface area (Å²) in [6, 6.07) is 3.92. The van der Waals surface area contributed by atoms with Crippen LogP contribution in [0.4, 0.5) is 5.82 Å². The van der Waals surface area contributed by atoms with Crippen LogP contribution in [0.5, 0.6) is 0 Å². The Hall–Kier alpha value is -1.58. The summed E-state index contributed by atoms with van der Waals surface area (Å²) in [4.78, 5) is 16.2. The Bertz CT molecular complexity index is 398. The molecule has 1 unspecified atom stereocenters. The molecule has 1 fully saturated rings. The summed E-state index contributed by atoms with van der Waals surface area (Å²) in [7, 11) is 0. The van der Waals surface area contributed by atoms with Crippen LogP contribution in [0.2, 0.25) is 0 Å². The van der Waals surface area contributed by atoms with Crippen molar-refractivity contribution in [3.8, 4) is 0 Å². The van der Waals surface area contributed by atoms with Gasteiger partial charge in [0.05, 0.1) is 5.56 Å². The van der Waals surface area contributed by atoms with E-state index in [2.05, 4.69) is 22.5 Å². The largest absolute Gasteiger partial charge is 0.370 e. The third-order valence-electron chi connectivity index (χ3n) is 3.60. The number of anilines is 1. The van der Waals surface area contributed by atoms with Crippen molar-refractivity contribution in [1.29, 1.82) is 0 Å². The number of hydrogen-bond donors (Lipinski definition) is 2. The standard InChI is InChI=1S/C14H21N3O/c1-3-15-13-8-7-12(9-16-13)14(18)17-10(2)11-5-4-6-11/h7-11H,3-6H2,1-2H3,(H,15,16)(H,17,18). The first kappa shape index (κ1) is 12.9. The molecule has 1 aromatic heterocycles. The second-order valence-electron chi connectivity index (χ2n) is 4.92. The summed E-state index contributed by atoms with van der Waals surface area (Å²) in [5, 5.41) is 6.16. The van der Waals surface area contributed by atoms with Gasteiger partial charge in [-0.05, 0) is 44.7 Å². The first-order valence-electron chi connectivity index (χ1n) is 6.71. The van der Waals surface area contributed by atoms with Crippen molar-refractivity contribution < 1.29 is 4.79 Å². The number of nitrogens with one attached hydrogen (secondary N) is 2. The molecule has 1 aromatic rings. The van der Waals surface area contributed by atoms with Gasteiger partial charge in [-0.2, -0.15) is 0 Å². The number of carbonyl (C=O) groups is 1. The lowest BCUT2D eigenvalue weighted by Crippen LogP contribution is -2.40. The normalized spacial score (nSPS) is 16.8. The van der Waals surface area contributed by atoms with Gasteiger partial charge in [0, 0.05) is 18.8 Å². The van der Waals surface area contributed by atoms with Gasteiger partial charge in [-0.25, -0.2) is 4.98 Å². The smallest absolute Gasteiger partial charge is 0.253 e. The zero-order valence-electron chi connectivity index (χ0n) is 11.1. The maximum absolute atomic E-state index is 12.0. The highest BCUT2D eigenvalue weighted by molar-refractivity contribution is 5.94. The summed E-state index contributed by atoms with van der Waals surface area (Å²) in [5.41, 5.74) is 0.628. The molecule has 0 saturated heterocycles. The van der Waals surface area contributed by atoms with Gasteiger partial charge in [-0.15, -0.1) is 0 Å². The quantitative estimate of drug-likeness (QED) is 0.840. The number of nitrogens with zero attached hydrogens (tertiary/aromatic N) is 1. The van der Waals surface area contributed by atoms with E-state index in [0.29, 0.717) is 11.5 Å². The lowest BCUT2D eigenvalue weighted by atomic mass is 9.80. The molecule has 1 amide bonds. The van der Waals surface area contributed by atoms with Crippen LogP contribution >= 0.6 is 0 Å². The van der Waals surface area contributed by atoms with Gasteiger partial charge in [0.25, 0.3) is 5.91 Å². The lowest BCUT2D eigenvalue weighted by Gasteiger charge is -2.31. The monoisotopic (exact) mass is 247 g/mol. The topological polar surface area (TPSA) is 54.0 Å². The van der Waals surface area contributed by atoms with Gasteiger partial charge in [0.15, 0.2) is 0 Å². The van der Waals surface area contributed by atoms with Crippen LogP contribution in [0.3, 0.4) is 0 Å². The molecular formula is C14H21N3O. The molecule has 4 heteroatoms. The minimum absolute atomic E-state index is 0.0232. The molecule has 1 aliphatic carbocycles. The molecule has 2 N–H and O–H groups in total. The fraction of sp³-hybridized carbons (Fsp3) is 0.571.